The van der Waals surface area contributed by atoms with E-state index in [4.69, 9.17) is 27.9 Å². The molecule has 1 aliphatic heterocycles. The summed E-state index contributed by atoms with van der Waals surface area (Å²) < 4.78 is 5.45. The molecule has 0 aliphatic carbocycles. The lowest BCUT2D eigenvalue weighted by atomic mass is 10.3. The van der Waals surface area contributed by atoms with Crippen molar-refractivity contribution < 1.29 is 9.53 Å². The highest BCUT2D eigenvalue weighted by Gasteiger charge is 2.14. The SMILES string of the molecule is CN(CCN1CCCC1)C(=O)COc1ccc(Cl)c(Cl)c1. The number of nitrogens with zero attached hydrogens (tertiary/aromatic N) is 2. The van der Waals surface area contributed by atoms with Crippen LogP contribution in [0.2, 0.25) is 10.0 Å². The molecule has 1 saturated heterocycles. The number of halogens is 2. The lowest BCUT2D eigenvalue weighted by Crippen LogP contribution is -2.37. The number of ether oxygens (including phenoxy) is 1. The zero-order valence-corrected chi connectivity index (χ0v) is 13.7. The fourth-order valence-corrected chi connectivity index (χ4v) is 2.53. The summed E-state index contributed by atoms with van der Waals surface area (Å²) in [5, 5.41) is 0.891. The molecule has 1 heterocycles. The Bertz CT molecular complexity index is 491. The number of carbonyl (C=O) groups excluding carboxylic acids is 1. The number of carbonyl (C=O) groups is 1. The van der Waals surface area contributed by atoms with E-state index < -0.39 is 0 Å². The van der Waals surface area contributed by atoms with Gasteiger partial charge in [0, 0.05) is 26.2 Å². The molecule has 116 valence electrons. The predicted octanol–water partition coefficient (Wildman–Crippen LogP) is 2.93. The second kappa shape index (κ2) is 7.87. The Morgan fingerprint density at radius 2 is 2.00 bits per heavy atom. The van der Waals surface area contributed by atoms with Gasteiger partial charge in [-0.3, -0.25) is 4.79 Å². The number of likely N-dealkylation sites (tertiary alicyclic amines) is 1. The highest BCUT2D eigenvalue weighted by atomic mass is 35.5. The van der Waals surface area contributed by atoms with Crippen molar-refractivity contribution in [3.63, 3.8) is 0 Å². The molecule has 4 nitrogen and oxygen atoms in total. The normalized spacial score (nSPS) is 15.2. The molecule has 0 aromatic heterocycles. The Labute approximate surface area is 135 Å². The van der Waals surface area contributed by atoms with Gasteiger partial charge in [0.15, 0.2) is 6.61 Å². The van der Waals surface area contributed by atoms with Crippen molar-refractivity contribution in [3.05, 3.63) is 28.2 Å². The van der Waals surface area contributed by atoms with Crippen molar-refractivity contribution in [2.75, 3.05) is 39.8 Å². The van der Waals surface area contributed by atoms with E-state index in [1.165, 1.54) is 12.8 Å². The summed E-state index contributed by atoms with van der Waals surface area (Å²) in [6.07, 6.45) is 2.52. The van der Waals surface area contributed by atoms with Crippen LogP contribution in [-0.4, -0.2) is 55.5 Å². The van der Waals surface area contributed by atoms with Crippen LogP contribution < -0.4 is 4.74 Å². The van der Waals surface area contributed by atoms with Crippen LogP contribution in [0.5, 0.6) is 5.75 Å². The molecule has 0 unspecified atom stereocenters. The summed E-state index contributed by atoms with van der Waals surface area (Å²) in [5.41, 5.74) is 0. The zero-order chi connectivity index (χ0) is 15.2. The van der Waals surface area contributed by atoms with E-state index in [2.05, 4.69) is 4.90 Å². The maximum atomic E-state index is 12.0. The molecule has 0 atom stereocenters. The molecule has 6 heteroatoms. The predicted molar refractivity (Wildman–Crippen MR) is 85.3 cm³/mol. The van der Waals surface area contributed by atoms with Crippen molar-refractivity contribution in [2.24, 2.45) is 0 Å². The summed E-state index contributed by atoms with van der Waals surface area (Å²) in [6, 6.07) is 4.97. The van der Waals surface area contributed by atoms with Gasteiger partial charge in [0.25, 0.3) is 5.91 Å². The minimum Gasteiger partial charge on any atom is -0.484 e. The van der Waals surface area contributed by atoms with Crippen LogP contribution in [0.1, 0.15) is 12.8 Å². The Morgan fingerprint density at radius 1 is 1.29 bits per heavy atom. The molecule has 1 fully saturated rings. The van der Waals surface area contributed by atoms with E-state index >= 15 is 0 Å². The van der Waals surface area contributed by atoms with E-state index in [9.17, 15) is 4.79 Å². The number of likely N-dealkylation sites (N-methyl/N-ethyl adjacent to an activating group) is 1. The maximum Gasteiger partial charge on any atom is 0.260 e. The van der Waals surface area contributed by atoms with Crippen molar-refractivity contribution in [2.45, 2.75) is 12.8 Å². The van der Waals surface area contributed by atoms with Crippen LogP contribution >= 0.6 is 23.2 Å². The molecule has 0 N–H and O–H groups in total. The van der Waals surface area contributed by atoms with E-state index in [-0.39, 0.29) is 12.5 Å². The van der Waals surface area contributed by atoms with Gasteiger partial charge in [-0.1, -0.05) is 23.2 Å². The van der Waals surface area contributed by atoms with E-state index in [1.807, 2.05) is 0 Å². The highest BCUT2D eigenvalue weighted by Crippen LogP contribution is 2.26. The first-order chi connectivity index (χ1) is 10.1. The van der Waals surface area contributed by atoms with Crippen LogP contribution in [0.4, 0.5) is 0 Å². The molecule has 0 saturated carbocycles. The standard InChI is InChI=1S/C15H20Cl2N2O2/c1-18(8-9-19-6-2-3-7-19)15(20)11-21-12-4-5-13(16)14(17)10-12/h4-5,10H,2-3,6-9,11H2,1H3. The molecule has 1 aromatic carbocycles. The van der Waals surface area contributed by atoms with Gasteiger partial charge in [-0.25, -0.2) is 0 Å². The summed E-state index contributed by atoms with van der Waals surface area (Å²) in [4.78, 5) is 16.1. The molecular weight excluding hydrogens is 311 g/mol. The quantitative estimate of drug-likeness (QED) is 0.803. The number of benzene rings is 1. The van der Waals surface area contributed by atoms with Crippen LogP contribution in [0.15, 0.2) is 18.2 Å². The Balaban J connectivity index is 1.73. The fraction of sp³-hybridized carbons (Fsp3) is 0.533. The molecule has 0 radical (unpaired) electrons. The number of amides is 1. The highest BCUT2D eigenvalue weighted by molar-refractivity contribution is 6.42. The first-order valence-corrected chi connectivity index (χ1v) is 7.86. The second-order valence-corrected chi connectivity index (χ2v) is 6.04. The van der Waals surface area contributed by atoms with E-state index in [0.29, 0.717) is 15.8 Å². The Morgan fingerprint density at radius 3 is 2.67 bits per heavy atom. The molecule has 1 amide bonds. The van der Waals surface area contributed by atoms with Gasteiger partial charge in [0.05, 0.1) is 10.0 Å². The number of hydrogen-bond donors (Lipinski definition) is 0. The molecule has 0 bridgehead atoms. The molecule has 2 rings (SSSR count). The molecule has 1 aromatic rings. The van der Waals surface area contributed by atoms with Gasteiger partial charge in [-0.15, -0.1) is 0 Å². The molecule has 21 heavy (non-hydrogen) atoms. The van der Waals surface area contributed by atoms with Crippen molar-refractivity contribution in [1.29, 1.82) is 0 Å². The molecule has 0 spiro atoms. The Kier molecular flexibility index (Phi) is 6.15. The maximum absolute atomic E-state index is 12.0. The van der Waals surface area contributed by atoms with Gasteiger partial charge in [0.2, 0.25) is 0 Å². The van der Waals surface area contributed by atoms with E-state index in [0.717, 1.165) is 26.2 Å². The van der Waals surface area contributed by atoms with Crippen molar-refractivity contribution >= 4 is 29.1 Å². The van der Waals surface area contributed by atoms with E-state index in [1.54, 1.807) is 30.1 Å². The van der Waals surface area contributed by atoms with Gasteiger partial charge in [0.1, 0.15) is 5.75 Å². The lowest BCUT2D eigenvalue weighted by Gasteiger charge is -2.21. The fourth-order valence-electron chi connectivity index (χ4n) is 2.24. The molecule has 1 aliphatic rings. The van der Waals surface area contributed by atoms with Gasteiger partial charge in [-0.2, -0.15) is 0 Å². The van der Waals surface area contributed by atoms with Crippen LogP contribution in [-0.2, 0) is 4.79 Å². The summed E-state index contributed by atoms with van der Waals surface area (Å²) >= 11 is 11.7. The third-order valence-corrected chi connectivity index (χ3v) is 4.37. The number of rotatable bonds is 6. The van der Waals surface area contributed by atoms with Crippen molar-refractivity contribution in [1.82, 2.24) is 9.80 Å². The van der Waals surface area contributed by atoms with Crippen molar-refractivity contribution in [3.8, 4) is 5.75 Å². The van der Waals surface area contributed by atoms with Gasteiger partial charge in [-0.05, 0) is 38.1 Å². The van der Waals surface area contributed by atoms with Gasteiger partial charge >= 0.3 is 0 Å². The smallest absolute Gasteiger partial charge is 0.260 e. The van der Waals surface area contributed by atoms with Gasteiger partial charge < -0.3 is 14.5 Å². The summed E-state index contributed by atoms with van der Waals surface area (Å²) in [5.74, 6) is 0.506. The topological polar surface area (TPSA) is 32.8 Å². The lowest BCUT2D eigenvalue weighted by molar-refractivity contribution is -0.132. The van der Waals surface area contributed by atoms with Crippen LogP contribution in [0, 0.1) is 0 Å². The number of hydrogen-bond acceptors (Lipinski definition) is 3. The third kappa shape index (κ3) is 5.06. The third-order valence-electron chi connectivity index (χ3n) is 3.63. The largest absolute Gasteiger partial charge is 0.484 e. The minimum atomic E-state index is -0.0414. The average molecular weight is 331 g/mol. The van der Waals surface area contributed by atoms with Crippen LogP contribution in [0.25, 0.3) is 0 Å². The molecular formula is C15H20Cl2N2O2. The average Bonchev–Trinajstić information content (AvgIpc) is 2.99. The zero-order valence-electron chi connectivity index (χ0n) is 12.1. The minimum absolute atomic E-state index is 0.00839. The summed E-state index contributed by atoms with van der Waals surface area (Å²) in [6.45, 7) is 3.94. The first kappa shape index (κ1) is 16.4. The Hall–Kier alpha value is -0.970. The first-order valence-electron chi connectivity index (χ1n) is 7.10. The second-order valence-electron chi connectivity index (χ2n) is 5.23. The summed E-state index contributed by atoms with van der Waals surface area (Å²) in [7, 11) is 1.80. The van der Waals surface area contributed by atoms with Crippen LogP contribution in [0.3, 0.4) is 0 Å². The monoisotopic (exact) mass is 330 g/mol.